The molecule has 1 aromatic carbocycles. The van der Waals surface area contributed by atoms with Crippen LogP contribution in [0.25, 0.3) is 10.9 Å². The Labute approximate surface area is 142 Å². The lowest BCUT2D eigenvalue weighted by molar-refractivity contribution is 0.668. The first-order chi connectivity index (χ1) is 11.3. The monoisotopic (exact) mass is 349 g/mol. The van der Waals surface area contributed by atoms with Crippen molar-refractivity contribution in [2.24, 2.45) is 5.73 Å². The van der Waals surface area contributed by atoms with Gasteiger partial charge in [0.15, 0.2) is 0 Å². The van der Waals surface area contributed by atoms with E-state index in [1.807, 2.05) is 12.1 Å². The second-order valence-electron chi connectivity index (χ2n) is 5.51. The second kappa shape index (κ2) is 5.95. The van der Waals surface area contributed by atoms with Crippen molar-refractivity contribution < 1.29 is 0 Å². The average molecular weight is 350 g/mol. The minimum atomic E-state index is 0.336. The summed E-state index contributed by atoms with van der Waals surface area (Å²) in [5.74, 6) is 0.742. The number of nitrogens with two attached hydrogens (primary N) is 1. The Morgan fingerprint density at radius 3 is 3.26 bits per heavy atom. The zero-order valence-corrected chi connectivity index (χ0v) is 13.9. The minimum Gasteiger partial charge on any atom is -0.336 e. The molecule has 1 saturated heterocycles. The Bertz CT molecular complexity index is 830. The lowest BCUT2D eigenvalue weighted by atomic mass is 10.2. The summed E-state index contributed by atoms with van der Waals surface area (Å²) in [6.07, 6.45) is 3.94. The number of fused-ring (bicyclic) bond motifs is 1. The van der Waals surface area contributed by atoms with Crippen molar-refractivity contribution in [1.29, 1.82) is 0 Å². The molecule has 1 fully saturated rings. The van der Waals surface area contributed by atoms with Gasteiger partial charge in [0.25, 0.3) is 0 Å². The fourth-order valence-electron chi connectivity index (χ4n) is 2.92. The number of nitrogens with one attached hydrogen (secondary N) is 2. The maximum absolute atomic E-state index is 6.42. The summed E-state index contributed by atoms with van der Waals surface area (Å²) in [5.41, 5.74) is 7.51. The maximum Gasteiger partial charge on any atom is 0.239 e. The Kier molecular flexibility index (Phi) is 3.80. The number of aromatic amines is 1. The lowest BCUT2D eigenvalue weighted by Crippen LogP contribution is -2.35. The van der Waals surface area contributed by atoms with E-state index in [1.165, 1.54) is 11.5 Å². The molecule has 0 spiro atoms. The molecule has 0 radical (unpaired) electrons. The zero-order chi connectivity index (χ0) is 15.8. The van der Waals surface area contributed by atoms with E-state index in [-0.39, 0.29) is 0 Å². The summed E-state index contributed by atoms with van der Waals surface area (Å²) >= 11 is 7.74. The number of halogens is 1. The van der Waals surface area contributed by atoms with Crippen LogP contribution in [0.1, 0.15) is 12.8 Å². The number of hydrogen-bond acceptors (Lipinski definition) is 7. The minimum absolute atomic E-state index is 0.336. The molecule has 1 aliphatic heterocycles. The van der Waals surface area contributed by atoms with Gasteiger partial charge in [-0.25, -0.2) is 0 Å². The van der Waals surface area contributed by atoms with Gasteiger partial charge in [-0.1, -0.05) is 11.6 Å². The number of nitrogens with zero attached hydrogens (tertiary/aromatic N) is 4. The second-order valence-corrected chi connectivity index (χ2v) is 6.64. The standard InChI is InChI=1S/C14H16ClN7S/c15-12-9-7-17-20-10(9)3-4-11(12)18-14-19-13(21-23-14)22-5-1-2-8(22)6-16/h3-4,7-8H,1-2,5-6,16H2,(H,17,20)(H,18,19,21)/t8-/m0/s1. The predicted octanol–water partition coefficient (Wildman–Crippen LogP) is 2.74. The third-order valence-corrected chi connectivity index (χ3v) is 5.15. The van der Waals surface area contributed by atoms with Crippen molar-refractivity contribution in [3.63, 3.8) is 0 Å². The van der Waals surface area contributed by atoms with Crippen molar-refractivity contribution >= 4 is 50.8 Å². The van der Waals surface area contributed by atoms with Gasteiger partial charge in [0.1, 0.15) is 0 Å². The van der Waals surface area contributed by atoms with E-state index in [4.69, 9.17) is 17.3 Å². The van der Waals surface area contributed by atoms with E-state index in [2.05, 4.69) is 29.8 Å². The Morgan fingerprint density at radius 2 is 2.39 bits per heavy atom. The van der Waals surface area contributed by atoms with E-state index in [1.54, 1.807) is 6.20 Å². The van der Waals surface area contributed by atoms with Crippen LogP contribution in [-0.4, -0.2) is 38.7 Å². The highest BCUT2D eigenvalue weighted by molar-refractivity contribution is 7.10. The molecule has 0 aliphatic carbocycles. The van der Waals surface area contributed by atoms with Gasteiger partial charge in [-0.2, -0.15) is 14.5 Å². The molecule has 1 aliphatic rings. The molecule has 1 atom stereocenters. The van der Waals surface area contributed by atoms with Crippen molar-refractivity contribution in [1.82, 2.24) is 19.6 Å². The first kappa shape index (κ1) is 14.7. The van der Waals surface area contributed by atoms with E-state index in [9.17, 15) is 0 Å². The van der Waals surface area contributed by atoms with Crippen LogP contribution in [-0.2, 0) is 0 Å². The van der Waals surface area contributed by atoms with Crippen molar-refractivity contribution in [3.8, 4) is 0 Å². The molecule has 7 nitrogen and oxygen atoms in total. The quantitative estimate of drug-likeness (QED) is 0.670. The van der Waals surface area contributed by atoms with Crippen LogP contribution in [0.3, 0.4) is 0 Å². The van der Waals surface area contributed by atoms with Crippen LogP contribution in [0.5, 0.6) is 0 Å². The Balaban J connectivity index is 1.58. The van der Waals surface area contributed by atoms with E-state index in [0.717, 1.165) is 41.9 Å². The fourth-order valence-corrected chi connectivity index (χ4v) is 3.77. The molecule has 0 amide bonds. The molecule has 0 bridgehead atoms. The third-order valence-electron chi connectivity index (χ3n) is 4.12. The van der Waals surface area contributed by atoms with Crippen molar-refractivity contribution in [2.75, 3.05) is 23.3 Å². The molecule has 2 aromatic heterocycles. The summed E-state index contributed by atoms with van der Waals surface area (Å²) in [6.45, 7) is 1.59. The first-order valence-electron chi connectivity index (χ1n) is 7.45. The number of anilines is 3. The number of aromatic nitrogens is 4. The highest BCUT2D eigenvalue weighted by atomic mass is 35.5. The van der Waals surface area contributed by atoms with E-state index in [0.29, 0.717) is 22.7 Å². The highest BCUT2D eigenvalue weighted by Gasteiger charge is 2.26. The van der Waals surface area contributed by atoms with Crippen LogP contribution in [0.2, 0.25) is 5.02 Å². The number of benzene rings is 1. The number of rotatable bonds is 4. The highest BCUT2D eigenvalue weighted by Crippen LogP contribution is 2.33. The van der Waals surface area contributed by atoms with Gasteiger partial charge in [-0.15, -0.1) is 0 Å². The summed E-state index contributed by atoms with van der Waals surface area (Å²) in [4.78, 5) is 6.76. The zero-order valence-electron chi connectivity index (χ0n) is 12.3. The Hall–Kier alpha value is -1.90. The summed E-state index contributed by atoms with van der Waals surface area (Å²) in [6, 6.07) is 4.18. The molecule has 4 N–H and O–H groups in total. The SMILES string of the molecule is NC[C@@H]1CCCN1c1nsc(Nc2ccc3[nH]ncc3c2Cl)n1. The first-order valence-corrected chi connectivity index (χ1v) is 8.60. The van der Waals surface area contributed by atoms with Crippen molar-refractivity contribution in [2.45, 2.75) is 18.9 Å². The summed E-state index contributed by atoms with van der Waals surface area (Å²) in [7, 11) is 0. The molecule has 120 valence electrons. The largest absolute Gasteiger partial charge is 0.336 e. The van der Waals surface area contributed by atoms with Crippen LogP contribution in [0, 0.1) is 0 Å². The average Bonchev–Trinajstić information content (AvgIpc) is 3.29. The molecule has 3 heterocycles. The van der Waals surface area contributed by atoms with Crippen LogP contribution in [0.4, 0.5) is 16.8 Å². The molecular weight excluding hydrogens is 334 g/mol. The normalized spacial score (nSPS) is 18.0. The third kappa shape index (κ3) is 2.62. The predicted molar refractivity (Wildman–Crippen MR) is 93.7 cm³/mol. The number of H-pyrrole nitrogens is 1. The molecule has 0 unspecified atom stereocenters. The van der Waals surface area contributed by atoms with E-state index < -0.39 is 0 Å². The molecule has 9 heteroatoms. The van der Waals surface area contributed by atoms with Gasteiger partial charge in [0.05, 0.1) is 22.4 Å². The van der Waals surface area contributed by atoms with Gasteiger partial charge in [-0.3, -0.25) is 5.10 Å². The maximum atomic E-state index is 6.42. The van der Waals surface area contributed by atoms with Gasteiger partial charge < -0.3 is 16.0 Å². The van der Waals surface area contributed by atoms with E-state index >= 15 is 0 Å². The van der Waals surface area contributed by atoms with Crippen LogP contribution >= 0.6 is 23.1 Å². The van der Waals surface area contributed by atoms with Crippen LogP contribution in [0.15, 0.2) is 18.3 Å². The molecular formula is C14H16ClN7S. The topological polar surface area (TPSA) is 95.8 Å². The van der Waals surface area contributed by atoms with Crippen LogP contribution < -0.4 is 16.0 Å². The van der Waals surface area contributed by atoms with Crippen molar-refractivity contribution in [3.05, 3.63) is 23.4 Å². The summed E-state index contributed by atoms with van der Waals surface area (Å²) in [5, 5.41) is 12.4. The van der Waals surface area contributed by atoms with Gasteiger partial charge in [0.2, 0.25) is 11.1 Å². The molecule has 0 saturated carbocycles. The molecule has 23 heavy (non-hydrogen) atoms. The number of hydrogen-bond donors (Lipinski definition) is 3. The lowest BCUT2D eigenvalue weighted by Gasteiger charge is -2.21. The molecule has 3 aromatic rings. The fraction of sp³-hybridized carbons (Fsp3) is 0.357. The Morgan fingerprint density at radius 1 is 1.48 bits per heavy atom. The van der Waals surface area contributed by atoms with Gasteiger partial charge >= 0.3 is 0 Å². The van der Waals surface area contributed by atoms with Gasteiger partial charge in [0, 0.05) is 36.1 Å². The summed E-state index contributed by atoms with van der Waals surface area (Å²) < 4.78 is 4.45. The van der Waals surface area contributed by atoms with Gasteiger partial charge in [-0.05, 0) is 25.0 Å². The molecule has 4 rings (SSSR count). The smallest absolute Gasteiger partial charge is 0.239 e.